The van der Waals surface area contributed by atoms with E-state index in [2.05, 4.69) is 32.3 Å². The second-order valence-corrected chi connectivity index (χ2v) is 8.09. The number of hydrogen-bond acceptors (Lipinski definition) is 5. The molecule has 1 saturated carbocycles. The number of carbonyl (C=O) groups is 1. The Morgan fingerprint density at radius 3 is 2.86 bits per heavy atom. The summed E-state index contributed by atoms with van der Waals surface area (Å²) < 4.78 is 2.24. The minimum atomic E-state index is -0.147. The second kappa shape index (κ2) is 6.42. The molecule has 2 aromatic heterocycles. The summed E-state index contributed by atoms with van der Waals surface area (Å²) >= 11 is 3.25. The topological polar surface area (TPSA) is 51.0 Å². The zero-order valence-electron chi connectivity index (χ0n) is 13.0. The molecule has 0 aliphatic heterocycles. The van der Waals surface area contributed by atoms with Crippen molar-refractivity contribution in [3.8, 4) is 0 Å². The first-order valence-corrected chi connectivity index (χ1v) is 9.16. The average Bonchev–Trinajstić information content (AvgIpc) is 3.04. The standard InChI is InChI=1S/C15H20N4OS2/c1-10(14(20)18(2)3)22-15-17-16-13(19(15)11-6-7-11)9-12-5-4-8-21-12/h4-5,8,10-11H,6-7,9H2,1-3H3/t10-/m1/s1. The summed E-state index contributed by atoms with van der Waals surface area (Å²) in [6.45, 7) is 1.93. The Morgan fingerprint density at radius 2 is 2.27 bits per heavy atom. The van der Waals surface area contributed by atoms with Crippen molar-refractivity contribution in [2.75, 3.05) is 14.1 Å². The third kappa shape index (κ3) is 3.35. The van der Waals surface area contributed by atoms with Gasteiger partial charge in [0, 0.05) is 31.4 Å². The summed E-state index contributed by atoms with van der Waals surface area (Å²) in [6.07, 6.45) is 3.18. The second-order valence-electron chi connectivity index (χ2n) is 5.75. The smallest absolute Gasteiger partial charge is 0.235 e. The number of aromatic nitrogens is 3. The monoisotopic (exact) mass is 336 g/mol. The van der Waals surface area contributed by atoms with Crippen LogP contribution in [0.1, 0.15) is 36.5 Å². The summed E-state index contributed by atoms with van der Waals surface area (Å²) in [4.78, 5) is 15.0. The molecule has 0 radical (unpaired) electrons. The van der Waals surface area contributed by atoms with Crippen molar-refractivity contribution in [3.05, 3.63) is 28.2 Å². The quantitative estimate of drug-likeness (QED) is 0.761. The molecule has 1 aliphatic rings. The number of amides is 1. The molecule has 2 heterocycles. The fraction of sp³-hybridized carbons (Fsp3) is 0.533. The van der Waals surface area contributed by atoms with Gasteiger partial charge in [-0.05, 0) is 31.2 Å². The summed E-state index contributed by atoms with van der Waals surface area (Å²) in [7, 11) is 3.57. The maximum absolute atomic E-state index is 12.1. The van der Waals surface area contributed by atoms with Crippen LogP contribution >= 0.6 is 23.1 Å². The van der Waals surface area contributed by atoms with E-state index in [9.17, 15) is 4.79 Å². The number of carbonyl (C=O) groups excluding carboxylic acids is 1. The van der Waals surface area contributed by atoms with E-state index in [-0.39, 0.29) is 11.2 Å². The molecule has 1 fully saturated rings. The third-order valence-corrected chi connectivity index (χ3v) is 5.55. The highest BCUT2D eigenvalue weighted by molar-refractivity contribution is 8.00. The van der Waals surface area contributed by atoms with Crippen molar-refractivity contribution in [2.24, 2.45) is 0 Å². The lowest BCUT2D eigenvalue weighted by atomic mass is 10.3. The van der Waals surface area contributed by atoms with Gasteiger partial charge in [-0.1, -0.05) is 17.8 Å². The van der Waals surface area contributed by atoms with Crippen LogP contribution in [-0.4, -0.2) is 44.9 Å². The van der Waals surface area contributed by atoms with Crippen molar-refractivity contribution in [1.29, 1.82) is 0 Å². The van der Waals surface area contributed by atoms with E-state index < -0.39 is 0 Å². The van der Waals surface area contributed by atoms with E-state index in [1.807, 2.05) is 6.92 Å². The average molecular weight is 336 g/mol. The first kappa shape index (κ1) is 15.6. The van der Waals surface area contributed by atoms with E-state index >= 15 is 0 Å². The van der Waals surface area contributed by atoms with Gasteiger partial charge >= 0.3 is 0 Å². The highest BCUT2D eigenvalue weighted by atomic mass is 32.2. The van der Waals surface area contributed by atoms with Crippen molar-refractivity contribution in [2.45, 2.75) is 42.6 Å². The van der Waals surface area contributed by atoms with E-state index in [1.54, 1.807) is 30.3 Å². The van der Waals surface area contributed by atoms with Gasteiger partial charge in [-0.3, -0.25) is 4.79 Å². The summed E-state index contributed by atoms with van der Waals surface area (Å²) in [5.41, 5.74) is 0. The summed E-state index contributed by atoms with van der Waals surface area (Å²) in [5, 5.41) is 11.5. The van der Waals surface area contributed by atoms with Crippen molar-refractivity contribution >= 4 is 29.0 Å². The molecule has 7 heteroatoms. The van der Waals surface area contributed by atoms with Crippen molar-refractivity contribution in [1.82, 2.24) is 19.7 Å². The van der Waals surface area contributed by atoms with E-state index in [1.165, 1.54) is 29.5 Å². The maximum Gasteiger partial charge on any atom is 0.235 e. The molecule has 0 saturated heterocycles. The van der Waals surface area contributed by atoms with Crippen LogP contribution in [-0.2, 0) is 11.2 Å². The lowest BCUT2D eigenvalue weighted by Crippen LogP contribution is -2.29. The molecule has 3 rings (SSSR count). The van der Waals surface area contributed by atoms with Gasteiger partial charge in [0.1, 0.15) is 5.82 Å². The lowest BCUT2D eigenvalue weighted by Gasteiger charge is -2.16. The maximum atomic E-state index is 12.1. The van der Waals surface area contributed by atoms with Gasteiger partial charge in [0.15, 0.2) is 5.16 Å². The Morgan fingerprint density at radius 1 is 1.50 bits per heavy atom. The summed E-state index contributed by atoms with van der Waals surface area (Å²) in [6, 6.07) is 4.70. The lowest BCUT2D eigenvalue weighted by molar-refractivity contribution is -0.127. The van der Waals surface area contributed by atoms with Crippen LogP contribution < -0.4 is 0 Å². The van der Waals surface area contributed by atoms with Crippen LogP contribution in [0, 0.1) is 0 Å². The molecule has 1 aliphatic carbocycles. The largest absolute Gasteiger partial charge is 0.348 e. The predicted molar refractivity (Wildman–Crippen MR) is 89.4 cm³/mol. The molecule has 0 aromatic carbocycles. The number of thioether (sulfide) groups is 1. The third-order valence-electron chi connectivity index (χ3n) is 3.63. The molecule has 2 aromatic rings. The molecule has 0 spiro atoms. The van der Waals surface area contributed by atoms with Gasteiger partial charge in [0.25, 0.3) is 0 Å². The predicted octanol–water partition coefficient (Wildman–Crippen LogP) is 2.83. The Kier molecular flexibility index (Phi) is 4.54. The molecule has 0 N–H and O–H groups in total. The zero-order valence-corrected chi connectivity index (χ0v) is 14.7. The molecule has 0 unspecified atom stereocenters. The zero-order chi connectivity index (χ0) is 15.7. The van der Waals surface area contributed by atoms with E-state index in [4.69, 9.17) is 0 Å². The van der Waals surface area contributed by atoms with Crippen molar-refractivity contribution < 1.29 is 4.79 Å². The molecule has 5 nitrogen and oxygen atoms in total. The molecular weight excluding hydrogens is 316 g/mol. The van der Waals surface area contributed by atoms with Crippen molar-refractivity contribution in [3.63, 3.8) is 0 Å². The highest BCUT2D eigenvalue weighted by Gasteiger charge is 2.31. The van der Waals surface area contributed by atoms with Crippen LogP contribution in [0.25, 0.3) is 0 Å². The van der Waals surface area contributed by atoms with Gasteiger partial charge in [-0.25, -0.2) is 0 Å². The van der Waals surface area contributed by atoms with Crippen LogP contribution in [0.5, 0.6) is 0 Å². The Labute approximate surface area is 138 Å². The van der Waals surface area contributed by atoms with Crippen LogP contribution in [0.4, 0.5) is 0 Å². The number of thiophene rings is 1. The molecular formula is C15H20N4OS2. The summed E-state index contributed by atoms with van der Waals surface area (Å²) in [5.74, 6) is 1.12. The van der Waals surface area contributed by atoms with Gasteiger partial charge < -0.3 is 9.47 Å². The molecule has 0 bridgehead atoms. The molecule has 22 heavy (non-hydrogen) atoms. The minimum absolute atomic E-state index is 0.107. The molecule has 1 atom stereocenters. The Bertz CT molecular complexity index is 647. The van der Waals surface area contributed by atoms with E-state index in [0.29, 0.717) is 6.04 Å². The Hall–Kier alpha value is -1.34. The van der Waals surface area contributed by atoms with Crippen LogP contribution in [0.15, 0.2) is 22.7 Å². The van der Waals surface area contributed by atoms with Gasteiger partial charge in [-0.2, -0.15) is 0 Å². The van der Waals surface area contributed by atoms with Crippen LogP contribution in [0.3, 0.4) is 0 Å². The molecule has 118 valence electrons. The minimum Gasteiger partial charge on any atom is -0.348 e. The SMILES string of the molecule is C[C@@H](Sc1nnc(Cc2cccs2)n1C1CC1)C(=O)N(C)C. The first-order chi connectivity index (χ1) is 10.6. The molecule has 1 amide bonds. The van der Waals surface area contributed by atoms with E-state index in [0.717, 1.165) is 17.4 Å². The normalized spacial score (nSPS) is 15.8. The van der Waals surface area contributed by atoms with Gasteiger partial charge in [0.2, 0.25) is 5.91 Å². The first-order valence-electron chi connectivity index (χ1n) is 7.40. The van der Waals surface area contributed by atoms with Gasteiger partial charge in [-0.15, -0.1) is 21.5 Å². The van der Waals surface area contributed by atoms with Gasteiger partial charge in [0.05, 0.1) is 5.25 Å². The number of rotatable bonds is 6. The highest BCUT2D eigenvalue weighted by Crippen LogP contribution is 2.40. The fourth-order valence-corrected chi connectivity index (χ4v) is 4.13. The number of hydrogen-bond donors (Lipinski definition) is 0. The number of nitrogens with zero attached hydrogens (tertiary/aromatic N) is 4. The Balaban J connectivity index is 1.80. The van der Waals surface area contributed by atoms with Crippen LogP contribution in [0.2, 0.25) is 0 Å². The fourth-order valence-electron chi connectivity index (χ4n) is 2.35.